The summed E-state index contributed by atoms with van der Waals surface area (Å²) >= 11 is 0. The Labute approximate surface area is 134 Å². The number of hydrogen-bond donors (Lipinski definition) is 2. The van der Waals surface area contributed by atoms with Crippen molar-refractivity contribution in [1.29, 1.82) is 0 Å². The number of rotatable bonds is 2. The van der Waals surface area contributed by atoms with Crippen LogP contribution in [0.1, 0.15) is 12.5 Å². The highest BCUT2D eigenvalue weighted by atomic mass is 16.2. The molecule has 2 heterocycles. The van der Waals surface area contributed by atoms with Crippen molar-refractivity contribution in [3.05, 3.63) is 35.9 Å². The Kier molecular flexibility index (Phi) is 4.18. The molecule has 4 amide bonds. The molecule has 0 bridgehead atoms. The Bertz CT molecular complexity index is 619. The predicted octanol–water partition coefficient (Wildman–Crippen LogP) is -0.0727. The van der Waals surface area contributed by atoms with E-state index in [1.807, 2.05) is 30.3 Å². The van der Waals surface area contributed by atoms with Crippen LogP contribution < -0.4 is 10.6 Å². The number of benzene rings is 1. The molecule has 0 aromatic heterocycles. The summed E-state index contributed by atoms with van der Waals surface area (Å²) in [4.78, 5) is 39.6. The maximum absolute atomic E-state index is 12.3. The maximum atomic E-state index is 12.3. The molecule has 1 aromatic rings. The third kappa shape index (κ3) is 3.13. The summed E-state index contributed by atoms with van der Waals surface area (Å²) in [6.07, 6.45) is 0. The first kappa shape index (κ1) is 15.3. The molecule has 1 aromatic carbocycles. The van der Waals surface area contributed by atoms with E-state index < -0.39 is 12.1 Å². The van der Waals surface area contributed by atoms with E-state index in [0.29, 0.717) is 19.6 Å². The summed E-state index contributed by atoms with van der Waals surface area (Å²) in [5, 5.41) is 5.51. The molecule has 0 spiro atoms. The molecule has 2 saturated heterocycles. The van der Waals surface area contributed by atoms with Gasteiger partial charge in [0.25, 0.3) is 0 Å². The molecular formula is C16H20N4O3. The number of carbonyl (C=O) groups is 3. The lowest BCUT2D eigenvalue weighted by atomic mass is 10.1. The van der Waals surface area contributed by atoms with E-state index in [2.05, 4.69) is 10.6 Å². The maximum Gasteiger partial charge on any atom is 0.317 e. The van der Waals surface area contributed by atoms with Gasteiger partial charge in [0.05, 0.1) is 6.54 Å². The van der Waals surface area contributed by atoms with Gasteiger partial charge < -0.3 is 20.4 Å². The largest absolute Gasteiger partial charge is 0.343 e. The molecule has 122 valence electrons. The van der Waals surface area contributed by atoms with E-state index in [0.717, 1.165) is 5.56 Å². The predicted molar refractivity (Wildman–Crippen MR) is 83.4 cm³/mol. The third-order valence-electron chi connectivity index (χ3n) is 4.27. The second-order valence-electron chi connectivity index (χ2n) is 5.87. The van der Waals surface area contributed by atoms with Gasteiger partial charge in [-0.05, 0) is 12.5 Å². The van der Waals surface area contributed by atoms with Crippen molar-refractivity contribution < 1.29 is 14.4 Å². The highest BCUT2D eigenvalue weighted by Crippen LogP contribution is 2.16. The second kappa shape index (κ2) is 6.28. The summed E-state index contributed by atoms with van der Waals surface area (Å²) < 4.78 is 0. The van der Waals surface area contributed by atoms with Gasteiger partial charge in [-0.1, -0.05) is 30.3 Å². The van der Waals surface area contributed by atoms with Crippen LogP contribution >= 0.6 is 0 Å². The standard InChI is InChI=1S/C16H20N4O3/c1-11-15(22)20-8-7-19(10-13(20)14(21)18-11)16(23)17-9-12-5-3-2-4-6-12/h2-6,11,13H,7-10H2,1H3,(H,17,23)(H,18,21)/t11-,13-/m1/s1. The molecule has 0 unspecified atom stereocenters. The van der Waals surface area contributed by atoms with E-state index in [1.165, 1.54) is 0 Å². The second-order valence-corrected chi connectivity index (χ2v) is 5.87. The lowest BCUT2D eigenvalue weighted by Gasteiger charge is -2.44. The van der Waals surface area contributed by atoms with E-state index in [1.54, 1.807) is 16.7 Å². The molecule has 7 nitrogen and oxygen atoms in total. The Morgan fingerprint density at radius 2 is 2.00 bits per heavy atom. The molecule has 2 fully saturated rings. The summed E-state index contributed by atoms with van der Waals surface area (Å²) in [5.41, 5.74) is 1.01. The number of urea groups is 1. The number of fused-ring (bicyclic) bond motifs is 1. The number of nitrogens with one attached hydrogen (secondary N) is 2. The van der Waals surface area contributed by atoms with E-state index in [9.17, 15) is 14.4 Å². The molecule has 23 heavy (non-hydrogen) atoms. The van der Waals surface area contributed by atoms with Gasteiger partial charge in [-0.25, -0.2) is 4.79 Å². The minimum Gasteiger partial charge on any atom is -0.343 e. The summed E-state index contributed by atoms with van der Waals surface area (Å²) in [6.45, 7) is 3.16. The fourth-order valence-corrected chi connectivity index (χ4v) is 2.96. The van der Waals surface area contributed by atoms with Crippen molar-refractivity contribution in [2.75, 3.05) is 19.6 Å². The van der Waals surface area contributed by atoms with Gasteiger partial charge in [0.2, 0.25) is 11.8 Å². The first-order valence-electron chi connectivity index (χ1n) is 7.74. The van der Waals surface area contributed by atoms with Gasteiger partial charge in [-0.3, -0.25) is 9.59 Å². The fraction of sp³-hybridized carbons (Fsp3) is 0.438. The van der Waals surface area contributed by atoms with Crippen molar-refractivity contribution >= 4 is 17.8 Å². The highest BCUT2D eigenvalue weighted by molar-refractivity contribution is 5.97. The minimum atomic E-state index is -0.588. The molecular weight excluding hydrogens is 296 g/mol. The van der Waals surface area contributed by atoms with Gasteiger partial charge in [-0.15, -0.1) is 0 Å². The number of hydrogen-bond acceptors (Lipinski definition) is 3. The Morgan fingerprint density at radius 3 is 2.74 bits per heavy atom. The van der Waals surface area contributed by atoms with E-state index in [-0.39, 0.29) is 24.4 Å². The topological polar surface area (TPSA) is 81.8 Å². The normalized spacial score (nSPS) is 24.0. The van der Waals surface area contributed by atoms with Crippen molar-refractivity contribution in [1.82, 2.24) is 20.4 Å². The van der Waals surface area contributed by atoms with Crippen LogP contribution in [0.4, 0.5) is 4.79 Å². The van der Waals surface area contributed by atoms with Crippen LogP contribution in [0.25, 0.3) is 0 Å². The van der Waals surface area contributed by atoms with Crippen molar-refractivity contribution in [3.63, 3.8) is 0 Å². The lowest BCUT2D eigenvalue weighted by molar-refractivity contribution is -0.151. The van der Waals surface area contributed by atoms with Gasteiger partial charge in [-0.2, -0.15) is 0 Å². The number of nitrogens with zero attached hydrogens (tertiary/aromatic N) is 2. The number of carbonyl (C=O) groups excluding carboxylic acids is 3. The summed E-state index contributed by atoms with van der Waals surface area (Å²) in [6, 6.07) is 8.34. The molecule has 0 radical (unpaired) electrons. The molecule has 7 heteroatoms. The first-order valence-corrected chi connectivity index (χ1v) is 7.74. The zero-order chi connectivity index (χ0) is 16.4. The molecule has 2 aliphatic heterocycles. The fourth-order valence-electron chi connectivity index (χ4n) is 2.96. The SMILES string of the molecule is C[C@H]1NC(=O)[C@H]2CN(C(=O)NCc3ccccc3)CCN2C1=O. The van der Waals surface area contributed by atoms with Gasteiger partial charge in [0.1, 0.15) is 12.1 Å². The third-order valence-corrected chi connectivity index (χ3v) is 4.27. The van der Waals surface area contributed by atoms with E-state index in [4.69, 9.17) is 0 Å². The smallest absolute Gasteiger partial charge is 0.317 e. The van der Waals surface area contributed by atoms with Crippen LogP contribution in [0.5, 0.6) is 0 Å². The van der Waals surface area contributed by atoms with E-state index >= 15 is 0 Å². The van der Waals surface area contributed by atoms with Gasteiger partial charge >= 0.3 is 6.03 Å². The lowest BCUT2D eigenvalue weighted by Crippen LogP contribution is -2.69. The molecule has 2 aliphatic rings. The monoisotopic (exact) mass is 316 g/mol. The van der Waals surface area contributed by atoms with Crippen LogP contribution in [-0.2, 0) is 16.1 Å². The van der Waals surface area contributed by atoms with Crippen LogP contribution in [-0.4, -0.2) is 59.4 Å². The average Bonchev–Trinajstić information content (AvgIpc) is 2.58. The molecule has 2 N–H and O–H groups in total. The summed E-state index contributed by atoms with van der Waals surface area (Å²) in [7, 11) is 0. The minimum absolute atomic E-state index is 0.0843. The van der Waals surface area contributed by atoms with Gasteiger partial charge in [0.15, 0.2) is 0 Å². The molecule has 0 aliphatic carbocycles. The average molecular weight is 316 g/mol. The van der Waals surface area contributed by atoms with Crippen LogP contribution in [0.2, 0.25) is 0 Å². The zero-order valence-corrected chi connectivity index (χ0v) is 13.0. The first-order chi connectivity index (χ1) is 11.1. The number of amides is 4. The molecule has 0 saturated carbocycles. The van der Waals surface area contributed by atoms with Gasteiger partial charge in [0, 0.05) is 19.6 Å². The molecule has 2 atom stereocenters. The van der Waals surface area contributed by atoms with Crippen molar-refractivity contribution in [2.45, 2.75) is 25.6 Å². The molecule has 3 rings (SSSR count). The van der Waals surface area contributed by atoms with Crippen LogP contribution in [0.3, 0.4) is 0 Å². The zero-order valence-electron chi connectivity index (χ0n) is 13.0. The van der Waals surface area contributed by atoms with Crippen molar-refractivity contribution in [3.8, 4) is 0 Å². The van der Waals surface area contributed by atoms with Crippen molar-refractivity contribution in [2.24, 2.45) is 0 Å². The highest BCUT2D eigenvalue weighted by Gasteiger charge is 2.42. The summed E-state index contributed by atoms with van der Waals surface area (Å²) in [5.74, 6) is -0.281. The quantitative estimate of drug-likeness (QED) is 0.801. The Balaban J connectivity index is 1.59. The van der Waals surface area contributed by atoms with Crippen LogP contribution in [0.15, 0.2) is 30.3 Å². The Hall–Kier alpha value is -2.57. The number of piperazine rings is 2. The van der Waals surface area contributed by atoms with Crippen LogP contribution in [0, 0.1) is 0 Å². The Morgan fingerprint density at radius 1 is 1.26 bits per heavy atom.